The number of allylic oxidation sites excluding steroid dienone is 12. The predicted molar refractivity (Wildman–Crippen MR) is 353 cm³/mol. The minimum atomic E-state index is -0.797. The lowest BCUT2D eigenvalue weighted by molar-refractivity contribution is -0.167. The van der Waals surface area contributed by atoms with E-state index in [2.05, 4.69) is 93.7 Å². The van der Waals surface area contributed by atoms with Gasteiger partial charge < -0.3 is 14.2 Å². The van der Waals surface area contributed by atoms with Crippen molar-refractivity contribution < 1.29 is 28.6 Å². The van der Waals surface area contributed by atoms with E-state index in [4.69, 9.17) is 14.2 Å². The maximum Gasteiger partial charge on any atom is 0.306 e. The van der Waals surface area contributed by atoms with Gasteiger partial charge in [-0.05, 0) is 89.9 Å². The first-order valence-corrected chi connectivity index (χ1v) is 35.4. The average molecular weight is 1130 g/mol. The minimum Gasteiger partial charge on any atom is -0.462 e. The lowest BCUT2D eigenvalue weighted by Gasteiger charge is -2.18. The van der Waals surface area contributed by atoms with E-state index in [1.807, 2.05) is 0 Å². The number of unbranched alkanes of at least 4 members (excludes halogenated alkanes) is 42. The number of carbonyl (C=O) groups is 3. The molecule has 1 atom stereocenters. The summed E-state index contributed by atoms with van der Waals surface area (Å²) in [5.74, 6) is -0.922. The standard InChI is InChI=1S/C75H134O6/c1-4-7-10-13-16-19-22-25-28-30-31-32-33-34-35-36-37-38-39-40-41-42-43-45-47-50-53-56-59-62-65-68-74(77)80-71-72(70-79-73(76)67-64-61-58-55-52-49-46-27-24-21-18-15-12-9-6-3)81-75(78)69-66-63-60-57-54-51-48-44-29-26-23-20-17-14-11-8-5-2/h9,12,17-18,20-21,26-27,29,46,52,55,72H,4-8,10-11,13-16,19,22-25,28,30-45,47-51,53-54,56-71H2,1-3H3/b12-9-,20-17-,21-18-,29-26-,46-27-,55-52-. The van der Waals surface area contributed by atoms with Crippen molar-refractivity contribution in [3.63, 3.8) is 0 Å². The Hall–Kier alpha value is -3.15. The summed E-state index contributed by atoms with van der Waals surface area (Å²) >= 11 is 0. The second kappa shape index (κ2) is 69.3. The highest BCUT2D eigenvalue weighted by atomic mass is 16.6. The maximum atomic E-state index is 12.9. The topological polar surface area (TPSA) is 78.9 Å². The van der Waals surface area contributed by atoms with Gasteiger partial charge in [-0.15, -0.1) is 0 Å². The first-order chi connectivity index (χ1) is 40.0. The van der Waals surface area contributed by atoms with Crippen LogP contribution < -0.4 is 0 Å². The summed E-state index contributed by atoms with van der Waals surface area (Å²) in [5, 5.41) is 0. The van der Waals surface area contributed by atoms with Crippen LogP contribution in [0.5, 0.6) is 0 Å². The summed E-state index contributed by atoms with van der Waals surface area (Å²) in [7, 11) is 0. The van der Waals surface area contributed by atoms with Crippen LogP contribution in [0.15, 0.2) is 72.9 Å². The van der Waals surface area contributed by atoms with E-state index in [1.165, 1.54) is 231 Å². The molecule has 0 saturated carbocycles. The van der Waals surface area contributed by atoms with Crippen LogP contribution in [-0.2, 0) is 28.6 Å². The van der Waals surface area contributed by atoms with Crippen LogP contribution in [0.1, 0.15) is 367 Å². The molecule has 0 aromatic carbocycles. The summed E-state index contributed by atoms with van der Waals surface area (Å²) in [6.07, 6.45) is 91.0. The van der Waals surface area contributed by atoms with Crippen molar-refractivity contribution in [1.82, 2.24) is 0 Å². The Balaban J connectivity index is 4.21. The average Bonchev–Trinajstić information content (AvgIpc) is 3.47. The van der Waals surface area contributed by atoms with Gasteiger partial charge in [-0.1, -0.05) is 331 Å². The molecule has 1 unspecified atom stereocenters. The SMILES string of the molecule is CC/C=C\C/C=C\C/C=C\C/C=C\CCCCC(=O)OCC(COC(=O)CCCCCCCCCCCCCCCCCCCCCCCCCCCCCCCCC)OC(=O)CCCCCCCCC/C=C\C/C=C\CCCCC. The quantitative estimate of drug-likeness (QED) is 0.0261. The predicted octanol–water partition coefficient (Wildman–Crippen LogP) is 24.4. The van der Waals surface area contributed by atoms with E-state index in [9.17, 15) is 14.4 Å². The molecular formula is C75H134O6. The first-order valence-electron chi connectivity index (χ1n) is 35.4. The molecule has 6 heteroatoms. The molecule has 0 rings (SSSR count). The zero-order valence-electron chi connectivity index (χ0n) is 54.1. The fraction of sp³-hybridized carbons (Fsp3) is 0.800. The Morgan fingerprint density at radius 2 is 0.481 bits per heavy atom. The van der Waals surface area contributed by atoms with Crippen LogP contribution in [0.4, 0.5) is 0 Å². The molecule has 0 aliphatic carbocycles. The van der Waals surface area contributed by atoms with E-state index in [1.54, 1.807) is 0 Å². The number of carbonyl (C=O) groups excluding carboxylic acids is 3. The molecule has 470 valence electrons. The molecule has 0 N–H and O–H groups in total. The minimum absolute atomic E-state index is 0.0891. The molecule has 0 saturated heterocycles. The monoisotopic (exact) mass is 1130 g/mol. The van der Waals surface area contributed by atoms with Gasteiger partial charge in [0, 0.05) is 19.3 Å². The summed E-state index contributed by atoms with van der Waals surface area (Å²) in [6, 6.07) is 0. The fourth-order valence-electron chi connectivity index (χ4n) is 10.4. The van der Waals surface area contributed by atoms with Crippen molar-refractivity contribution in [1.29, 1.82) is 0 Å². The van der Waals surface area contributed by atoms with Gasteiger partial charge in [-0.2, -0.15) is 0 Å². The Morgan fingerprint density at radius 1 is 0.259 bits per heavy atom. The molecule has 0 aromatic heterocycles. The molecule has 0 bridgehead atoms. The molecule has 0 radical (unpaired) electrons. The molecular weight excluding hydrogens is 997 g/mol. The molecule has 81 heavy (non-hydrogen) atoms. The summed E-state index contributed by atoms with van der Waals surface area (Å²) < 4.78 is 16.9. The number of hydrogen-bond acceptors (Lipinski definition) is 6. The van der Waals surface area contributed by atoms with Gasteiger partial charge >= 0.3 is 17.9 Å². The van der Waals surface area contributed by atoms with Gasteiger partial charge in [0.2, 0.25) is 0 Å². The zero-order chi connectivity index (χ0) is 58.5. The summed E-state index contributed by atoms with van der Waals surface area (Å²) in [6.45, 7) is 6.51. The van der Waals surface area contributed by atoms with E-state index >= 15 is 0 Å². The van der Waals surface area contributed by atoms with Gasteiger partial charge in [0.25, 0.3) is 0 Å². The lowest BCUT2D eigenvalue weighted by Crippen LogP contribution is -2.30. The normalized spacial score (nSPS) is 12.5. The van der Waals surface area contributed by atoms with Crippen LogP contribution in [0.2, 0.25) is 0 Å². The molecule has 0 aromatic rings. The van der Waals surface area contributed by atoms with Gasteiger partial charge in [0.05, 0.1) is 0 Å². The van der Waals surface area contributed by atoms with Gasteiger partial charge in [0.15, 0.2) is 6.10 Å². The van der Waals surface area contributed by atoms with Crippen molar-refractivity contribution >= 4 is 17.9 Å². The maximum absolute atomic E-state index is 12.9. The highest BCUT2D eigenvalue weighted by molar-refractivity contribution is 5.71. The Bertz CT molecular complexity index is 1490. The molecule has 0 fully saturated rings. The number of esters is 3. The highest BCUT2D eigenvalue weighted by Crippen LogP contribution is 2.18. The van der Waals surface area contributed by atoms with E-state index in [0.29, 0.717) is 19.3 Å². The number of hydrogen-bond donors (Lipinski definition) is 0. The van der Waals surface area contributed by atoms with E-state index in [0.717, 1.165) is 96.3 Å². The van der Waals surface area contributed by atoms with Crippen LogP contribution in [-0.4, -0.2) is 37.2 Å². The van der Waals surface area contributed by atoms with E-state index < -0.39 is 6.10 Å². The second-order valence-electron chi connectivity index (χ2n) is 23.8. The van der Waals surface area contributed by atoms with Gasteiger partial charge in [-0.3, -0.25) is 14.4 Å². The number of rotatable bonds is 65. The summed E-state index contributed by atoms with van der Waals surface area (Å²) in [5.41, 5.74) is 0. The smallest absolute Gasteiger partial charge is 0.306 e. The molecule has 0 spiro atoms. The van der Waals surface area contributed by atoms with E-state index in [-0.39, 0.29) is 31.1 Å². The lowest BCUT2D eigenvalue weighted by atomic mass is 10.0. The molecule has 0 aliphatic heterocycles. The first kappa shape index (κ1) is 77.9. The van der Waals surface area contributed by atoms with Crippen LogP contribution >= 0.6 is 0 Å². The van der Waals surface area contributed by atoms with Crippen LogP contribution in [0.3, 0.4) is 0 Å². The third-order valence-corrected chi connectivity index (χ3v) is 15.7. The third-order valence-electron chi connectivity index (χ3n) is 15.7. The second-order valence-corrected chi connectivity index (χ2v) is 23.8. The third kappa shape index (κ3) is 67.5. The largest absolute Gasteiger partial charge is 0.462 e. The van der Waals surface area contributed by atoms with Gasteiger partial charge in [-0.25, -0.2) is 0 Å². The molecule has 6 nitrogen and oxygen atoms in total. The highest BCUT2D eigenvalue weighted by Gasteiger charge is 2.19. The molecule has 0 amide bonds. The Morgan fingerprint density at radius 3 is 0.802 bits per heavy atom. The van der Waals surface area contributed by atoms with Crippen molar-refractivity contribution in [2.75, 3.05) is 13.2 Å². The van der Waals surface area contributed by atoms with Crippen LogP contribution in [0, 0.1) is 0 Å². The van der Waals surface area contributed by atoms with Crippen LogP contribution in [0.25, 0.3) is 0 Å². The van der Waals surface area contributed by atoms with Crippen molar-refractivity contribution in [3.05, 3.63) is 72.9 Å². The van der Waals surface area contributed by atoms with Crippen molar-refractivity contribution in [2.45, 2.75) is 374 Å². The fourth-order valence-corrected chi connectivity index (χ4v) is 10.4. The zero-order valence-corrected chi connectivity index (χ0v) is 54.1. The van der Waals surface area contributed by atoms with Crippen molar-refractivity contribution in [3.8, 4) is 0 Å². The summed E-state index contributed by atoms with van der Waals surface area (Å²) in [4.78, 5) is 38.4. The Labute approximate surface area is 503 Å². The van der Waals surface area contributed by atoms with Crippen molar-refractivity contribution in [2.24, 2.45) is 0 Å². The molecule has 0 aliphatic rings. The number of ether oxygens (including phenoxy) is 3. The van der Waals surface area contributed by atoms with Gasteiger partial charge in [0.1, 0.15) is 13.2 Å². The Kier molecular flexibility index (Phi) is 66.6. The molecule has 0 heterocycles.